The number of nitrogens with one attached hydrogen (secondary N) is 1. The van der Waals surface area contributed by atoms with Crippen LogP contribution in [0, 0.1) is 17.1 Å². The van der Waals surface area contributed by atoms with Gasteiger partial charge < -0.3 is 15.2 Å². The molecule has 2 aromatic carbocycles. The van der Waals surface area contributed by atoms with E-state index in [0.717, 1.165) is 0 Å². The lowest BCUT2D eigenvalue weighted by atomic mass is 10.1. The van der Waals surface area contributed by atoms with E-state index < -0.39 is 24.3 Å². The first-order chi connectivity index (χ1) is 12.8. The number of halogens is 3. The Morgan fingerprint density at radius 3 is 2.67 bits per heavy atom. The summed E-state index contributed by atoms with van der Waals surface area (Å²) in [5.41, 5.74) is 0.0514. The number of nitriles is 1. The summed E-state index contributed by atoms with van der Waals surface area (Å²) in [4.78, 5) is 22.8. The Hall–Kier alpha value is -2.89. The van der Waals surface area contributed by atoms with Crippen molar-refractivity contribution in [2.24, 2.45) is 0 Å². The van der Waals surface area contributed by atoms with Crippen LogP contribution in [0.15, 0.2) is 46.4 Å². The second-order valence-electron chi connectivity index (χ2n) is 5.10. The maximum atomic E-state index is 13.6. The zero-order valence-electron chi connectivity index (χ0n) is 13.5. The Kier molecular flexibility index (Phi) is 6.93. The molecule has 27 heavy (non-hydrogen) atoms. The monoisotopic (exact) mass is 452 g/mol. The SMILES string of the molecule is N#C/C(=C/c1cc(Cl)c(OCC(=O)O)c(Br)c1)C(=O)Nc1ccccc1F. The third kappa shape index (κ3) is 5.54. The van der Waals surface area contributed by atoms with Crippen molar-refractivity contribution in [3.05, 3.63) is 62.8 Å². The van der Waals surface area contributed by atoms with Crippen LogP contribution in [0.3, 0.4) is 0 Å². The molecule has 0 saturated carbocycles. The molecular formula is C18H11BrClFN2O4. The minimum atomic E-state index is -1.17. The first kappa shape index (κ1) is 20.4. The Morgan fingerprint density at radius 1 is 1.37 bits per heavy atom. The molecule has 0 aliphatic carbocycles. The highest BCUT2D eigenvalue weighted by Gasteiger charge is 2.14. The van der Waals surface area contributed by atoms with Crippen LogP contribution in [-0.4, -0.2) is 23.6 Å². The molecular weight excluding hydrogens is 443 g/mol. The number of anilines is 1. The molecule has 0 heterocycles. The number of nitrogens with zero attached hydrogens (tertiary/aromatic N) is 1. The number of carbonyl (C=O) groups excluding carboxylic acids is 1. The van der Waals surface area contributed by atoms with Gasteiger partial charge in [-0.3, -0.25) is 4.79 Å². The van der Waals surface area contributed by atoms with Crippen LogP contribution >= 0.6 is 27.5 Å². The average molecular weight is 454 g/mol. The van der Waals surface area contributed by atoms with Gasteiger partial charge in [0.15, 0.2) is 12.4 Å². The Labute approximate surface area is 166 Å². The second-order valence-corrected chi connectivity index (χ2v) is 6.36. The molecule has 0 spiro atoms. The highest BCUT2D eigenvalue weighted by Crippen LogP contribution is 2.35. The van der Waals surface area contributed by atoms with Crippen LogP contribution in [0.1, 0.15) is 5.56 Å². The molecule has 0 aliphatic rings. The molecule has 0 aliphatic heterocycles. The smallest absolute Gasteiger partial charge is 0.341 e. The van der Waals surface area contributed by atoms with Crippen molar-refractivity contribution in [3.8, 4) is 11.8 Å². The Bertz CT molecular complexity index is 949. The molecule has 2 aromatic rings. The lowest BCUT2D eigenvalue weighted by Gasteiger charge is -2.09. The van der Waals surface area contributed by atoms with Gasteiger partial charge in [0, 0.05) is 0 Å². The lowest BCUT2D eigenvalue weighted by Crippen LogP contribution is -2.14. The predicted molar refractivity (Wildman–Crippen MR) is 101 cm³/mol. The zero-order valence-corrected chi connectivity index (χ0v) is 15.8. The van der Waals surface area contributed by atoms with E-state index in [1.807, 2.05) is 0 Å². The number of hydrogen-bond acceptors (Lipinski definition) is 4. The zero-order chi connectivity index (χ0) is 20.0. The van der Waals surface area contributed by atoms with Crippen LogP contribution in [-0.2, 0) is 9.59 Å². The fourth-order valence-corrected chi connectivity index (χ4v) is 2.99. The van der Waals surface area contributed by atoms with Gasteiger partial charge in [-0.05, 0) is 51.8 Å². The third-order valence-corrected chi connectivity index (χ3v) is 4.03. The molecule has 1 amide bonds. The molecule has 6 nitrogen and oxygen atoms in total. The fourth-order valence-electron chi connectivity index (χ4n) is 2.00. The highest BCUT2D eigenvalue weighted by atomic mass is 79.9. The lowest BCUT2D eigenvalue weighted by molar-refractivity contribution is -0.139. The normalized spacial score (nSPS) is 10.8. The number of benzene rings is 2. The summed E-state index contributed by atoms with van der Waals surface area (Å²) in [6.07, 6.45) is 1.26. The van der Waals surface area contributed by atoms with Gasteiger partial charge in [-0.1, -0.05) is 23.7 Å². The fraction of sp³-hybridized carbons (Fsp3) is 0.0556. The number of amides is 1. The number of rotatable bonds is 6. The van der Waals surface area contributed by atoms with Crippen LogP contribution < -0.4 is 10.1 Å². The van der Waals surface area contributed by atoms with E-state index in [9.17, 15) is 19.2 Å². The molecule has 0 atom stereocenters. The van der Waals surface area contributed by atoms with Crippen LogP contribution in [0.5, 0.6) is 5.75 Å². The van der Waals surface area contributed by atoms with Crippen molar-refractivity contribution < 1.29 is 23.8 Å². The summed E-state index contributed by atoms with van der Waals surface area (Å²) in [6, 6.07) is 10.2. The standard InChI is InChI=1S/C18H11BrClFN2O4/c19-12-6-10(7-13(20)17(12)27-9-16(24)25)5-11(8-22)18(26)23-15-4-2-1-3-14(15)21/h1-7H,9H2,(H,23,26)(H,24,25)/b11-5-. The van der Waals surface area contributed by atoms with Crippen molar-refractivity contribution in [2.75, 3.05) is 11.9 Å². The second kappa shape index (κ2) is 9.16. The molecule has 2 N–H and O–H groups in total. The summed E-state index contributed by atoms with van der Waals surface area (Å²) in [6.45, 7) is -0.581. The van der Waals surface area contributed by atoms with Crippen molar-refractivity contribution >= 4 is 51.2 Å². The molecule has 138 valence electrons. The van der Waals surface area contributed by atoms with E-state index in [1.165, 1.54) is 36.4 Å². The van der Waals surface area contributed by atoms with E-state index in [1.54, 1.807) is 12.1 Å². The van der Waals surface area contributed by atoms with E-state index in [2.05, 4.69) is 21.2 Å². The quantitative estimate of drug-likeness (QED) is 0.503. The number of carboxylic acid groups (broad SMARTS) is 1. The molecule has 0 aromatic heterocycles. The van der Waals surface area contributed by atoms with Gasteiger partial charge >= 0.3 is 5.97 Å². The molecule has 9 heteroatoms. The maximum Gasteiger partial charge on any atom is 0.341 e. The minimum absolute atomic E-state index is 0.0553. The first-order valence-corrected chi connectivity index (χ1v) is 8.50. The predicted octanol–water partition coefficient (Wildman–Crippen LogP) is 4.25. The number of aliphatic carboxylic acids is 1. The molecule has 0 fully saturated rings. The van der Waals surface area contributed by atoms with Crippen LogP contribution in [0.25, 0.3) is 6.08 Å². The first-order valence-electron chi connectivity index (χ1n) is 7.33. The Morgan fingerprint density at radius 2 is 2.07 bits per heavy atom. The van der Waals surface area contributed by atoms with Crippen molar-refractivity contribution in [2.45, 2.75) is 0 Å². The summed E-state index contributed by atoms with van der Waals surface area (Å²) < 4.78 is 19.0. The number of para-hydroxylation sites is 1. The van der Waals surface area contributed by atoms with Gasteiger partial charge in [-0.25, -0.2) is 9.18 Å². The molecule has 0 saturated heterocycles. The number of carbonyl (C=O) groups is 2. The van der Waals surface area contributed by atoms with E-state index >= 15 is 0 Å². The topological polar surface area (TPSA) is 99.4 Å². The number of ether oxygens (including phenoxy) is 1. The van der Waals surface area contributed by atoms with Crippen molar-refractivity contribution in [1.82, 2.24) is 0 Å². The van der Waals surface area contributed by atoms with Crippen LogP contribution in [0.2, 0.25) is 5.02 Å². The third-order valence-electron chi connectivity index (χ3n) is 3.16. The summed E-state index contributed by atoms with van der Waals surface area (Å²) in [5, 5.41) is 20.3. The van der Waals surface area contributed by atoms with E-state index in [4.69, 9.17) is 21.4 Å². The maximum absolute atomic E-state index is 13.6. The molecule has 0 unspecified atom stereocenters. The molecule has 2 rings (SSSR count). The van der Waals surface area contributed by atoms with Crippen LogP contribution in [0.4, 0.5) is 10.1 Å². The molecule has 0 bridgehead atoms. The largest absolute Gasteiger partial charge is 0.479 e. The van der Waals surface area contributed by atoms with Crippen molar-refractivity contribution in [3.63, 3.8) is 0 Å². The van der Waals surface area contributed by atoms with Gasteiger partial charge in [0.1, 0.15) is 17.5 Å². The average Bonchev–Trinajstić information content (AvgIpc) is 2.60. The number of hydrogen-bond donors (Lipinski definition) is 2. The Balaban J connectivity index is 2.27. The minimum Gasteiger partial charge on any atom is -0.479 e. The summed E-state index contributed by atoms with van der Waals surface area (Å²) >= 11 is 9.26. The van der Waals surface area contributed by atoms with Gasteiger partial charge in [-0.15, -0.1) is 0 Å². The van der Waals surface area contributed by atoms with Gasteiger partial charge in [0.25, 0.3) is 5.91 Å². The van der Waals surface area contributed by atoms with E-state index in [-0.39, 0.29) is 22.0 Å². The van der Waals surface area contributed by atoms with Gasteiger partial charge in [0.05, 0.1) is 15.2 Å². The van der Waals surface area contributed by atoms with Crippen molar-refractivity contribution in [1.29, 1.82) is 5.26 Å². The van der Waals surface area contributed by atoms with Gasteiger partial charge in [0.2, 0.25) is 0 Å². The summed E-state index contributed by atoms with van der Waals surface area (Å²) in [5.74, 6) is -2.47. The molecule has 0 radical (unpaired) electrons. The number of carboxylic acids is 1. The summed E-state index contributed by atoms with van der Waals surface area (Å²) in [7, 11) is 0. The van der Waals surface area contributed by atoms with Gasteiger partial charge in [-0.2, -0.15) is 5.26 Å². The highest BCUT2D eigenvalue weighted by molar-refractivity contribution is 9.10. The van der Waals surface area contributed by atoms with E-state index in [0.29, 0.717) is 10.0 Å².